The first kappa shape index (κ1) is 14.4. The van der Waals surface area contributed by atoms with Gasteiger partial charge in [0.05, 0.1) is 0 Å². The SMILES string of the molecule is CCC(=O)C(C)C/C=C(\C)CCC(C)C. The van der Waals surface area contributed by atoms with Gasteiger partial charge >= 0.3 is 0 Å². The summed E-state index contributed by atoms with van der Waals surface area (Å²) in [7, 11) is 0. The summed E-state index contributed by atoms with van der Waals surface area (Å²) >= 11 is 0. The number of Topliss-reactive ketones (excluding diaryl/α,β-unsaturated/α-hetero) is 1. The van der Waals surface area contributed by atoms with Crippen LogP contribution in [0.4, 0.5) is 0 Å². The molecule has 0 aromatic carbocycles. The Morgan fingerprint density at radius 3 is 2.33 bits per heavy atom. The van der Waals surface area contributed by atoms with Gasteiger partial charge in [0.2, 0.25) is 0 Å². The highest BCUT2D eigenvalue weighted by molar-refractivity contribution is 5.80. The normalized spacial score (nSPS) is 14.4. The molecule has 0 radical (unpaired) electrons. The van der Waals surface area contributed by atoms with Crippen LogP contribution in [0.5, 0.6) is 0 Å². The molecule has 0 rings (SSSR count). The van der Waals surface area contributed by atoms with Gasteiger partial charge in [0.15, 0.2) is 0 Å². The zero-order valence-electron chi connectivity index (χ0n) is 11.0. The van der Waals surface area contributed by atoms with Crippen LogP contribution in [0.25, 0.3) is 0 Å². The molecule has 1 heteroatoms. The Balaban J connectivity index is 3.88. The third-order valence-corrected chi connectivity index (χ3v) is 2.83. The van der Waals surface area contributed by atoms with Crippen LogP contribution in [0.3, 0.4) is 0 Å². The van der Waals surface area contributed by atoms with E-state index >= 15 is 0 Å². The van der Waals surface area contributed by atoms with Crippen molar-refractivity contribution in [1.82, 2.24) is 0 Å². The topological polar surface area (TPSA) is 17.1 Å². The lowest BCUT2D eigenvalue weighted by molar-refractivity contribution is -0.121. The molecule has 1 nitrogen and oxygen atoms in total. The van der Waals surface area contributed by atoms with Crippen LogP contribution in [0.2, 0.25) is 0 Å². The van der Waals surface area contributed by atoms with Crippen molar-refractivity contribution in [3.8, 4) is 0 Å². The van der Waals surface area contributed by atoms with E-state index in [2.05, 4.69) is 26.8 Å². The minimum Gasteiger partial charge on any atom is -0.299 e. The Labute approximate surface area is 95.0 Å². The summed E-state index contributed by atoms with van der Waals surface area (Å²) in [5.41, 5.74) is 1.43. The summed E-state index contributed by atoms with van der Waals surface area (Å²) in [6, 6.07) is 0. The highest BCUT2D eigenvalue weighted by Gasteiger charge is 2.08. The molecule has 0 amide bonds. The van der Waals surface area contributed by atoms with Crippen LogP contribution in [0, 0.1) is 11.8 Å². The molecule has 0 aromatic heterocycles. The largest absolute Gasteiger partial charge is 0.299 e. The number of carbonyl (C=O) groups excluding carboxylic acids is 1. The van der Waals surface area contributed by atoms with Gasteiger partial charge in [0, 0.05) is 12.3 Å². The van der Waals surface area contributed by atoms with Crippen LogP contribution in [0.1, 0.15) is 60.3 Å². The zero-order chi connectivity index (χ0) is 11.8. The van der Waals surface area contributed by atoms with Crippen LogP contribution in [-0.4, -0.2) is 5.78 Å². The summed E-state index contributed by atoms with van der Waals surface area (Å²) in [6.07, 6.45) is 6.24. The van der Waals surface area contributed by atoms with Crippen molar-refractivity contribution in [2.45, 2.75) is 60.3 Å². The van der Waals surface area contributed by atoms with Gasteiger partial charge < -0.3 is 0 Å². The fraction of sp³-hybridized carbons (Fsp3) is 0.786. The average Bonchev–Trinajstić information content (AvgIpc) is 2.21. The van der Waals surface area contributed by atoms with E-state index in [-0.39, 0.29) is 5.92 Å². The fourth-order valence-corrected chi connectivity index (χ4v) is 1.48. The number of ketones is 1. The van der Waals surface area contributed by atoms with Crippen molar-refractivity contribution in [1.29, 1.82) is 0 Å². The molecule has 0 aromatic rings. The molecule has 15 heavy (non-hydrogen) atoms. The Hall–Kier alpha value is -0.590. The van der Waals surface area contributed by atoms with Crippen LogP contribution in [0.15, 0.2) is 11.6 Å². The smallest absolute Gasteiger partial charge is 0.135 e. The van der Waals surface area contributed by atoms with Gasteiger partial charge in [-0.15, -0.1) is 0 Å². The van der Waals surface area contributed by atoms with Crippen molar-refractivity contribution >= 4 is 5.78 Å². The van der Waals surface area contributed by atoms with Gasteiger partial charge in [-0.2, -0.15) is 0 Å². The zero-order valence-corrected chi connectivity index (χ0v) is 11.0. The van der Waals surface area contributed by atoms with Crippen molar-refractivity contribution < 1.29 is 4.79 Å². The van der Waals surface area contributed by atoms with E-state index < -0.39 is 0 Å². The Morgan fingerprint density at radius 2 is 1.87 bits per heavy atom. The number of carbonyl (C=O) groups is 1. The van der Waals surface area contributed by atoms with Crippen LogP contribution in [-0.2, 0) is 4.79 Å². The molecule has 0 aliphatic heterocycles. The first-order valence-electron chi connectivity index (χ1n) is 6.15. The molecule has 1 unspecified atom stereocenters. The van der Waals surface area contributed by atoms with E-state index in [1.165, 1.54) is 18.4 Å². The molecule has 0 aliphatic rings. The summed E-state index contributed by atoms with van der Waals surface area (Å²) in [5.74, 6) is 1.34. The number of hydrogen-bond acceptors (Lipinski definition) is 1. The monoisotopic (exact) mass is 210 g/mol. The maximum atomic E-state index is 11.4. The first-order chi connectivity index (χ1) is 6.97. The molecule has 1 atom stereocenters. The molecule has 0 aliphatic carbocycles. The molecule has 0 N–H and O–H groups in total. The van der Waals surface area contributed by atoms with E-state index in [0.717, 1.165) is 12.3 Å². The molecule has 0 heterocycles. The van der Waals surface area contributed by atoms with E-state index in [4.69, 9.17) is 0 Å². The van der Waals surface area contributed by atoms with E-state index in [9.17, 15) is 4.79 Å². The highest BCUT2D eigenvalue weighted by atomic mass is 16.1. The van der Waals surface area contributed by atoms with Crippen molar-refractivity contribution in [3.05, 3.63) is 11.6 Å². The fourth-order valence-electron chi connectivity index (χ4n) is 1.48. The van der Waals surface area contributed by atoms with Crippen LogP contribution >= 0.6 is 0 Å². The quantitative estimate of drug-likeness (QED) is 0.570. The van der Waals surface area contributed by atoms with Gasteiger partial charge in [-0.1, -0.05) is 39.3 Å². The lowest BCUT2D eigenvalue weighted by atomic mass is 9.97. The van der Waals surface area contributed by atoms with Gasteiger partial charge in [-0.3, -0.25) is 4.79 Å². The molecule has 0 spiro atoms. The first-order valence-corrected chi connectivity index (χ1v) is 6.15. The minimum atomic E-state index is 0.198. The third-order valence-electron chi connectivity index (χ3n) is 2.83. The summed E-state index contributed by atoms with van der Waals surface area (Å²) in [5, 5.41) is 0. The lowest BCUT2D eigenvalue weighted by Gasteiger charge is -2.08. The molecular formula is C14H26O. The molecule has 88 valence electrons. The minimum absolute atomic E-state index is 0.198. The van der Waals surface area contributed by atoms with Crippen molar-refractivity contribution in [2.24, 2.45) is 11.8 Å². The van der Waals surface area contributed by atoms with Gasteiger partial charge in [-0.05, 0) is 32.1 Å². The average molecular weight is 210 g/mol. The maximum Gasteiger partial charge on any atom is 0.135 e. The molecule has 0 bridgehead atoms. The lowest BCUT2D eigenvalue weighted by Crippen LogP contribution is -2.08. The number of rotatable bonds is 7. The predicted octanol–water partition coefficient (Wildman–Crippen LogP) is 4.37. The van der Waals surface area contributed by atoms with Gasteiger partial charge in [0.1, 0.15) is 5.78 Å². The van der Waals surface area contributed by atoms with Gasteiger partial charge in [-0.25, -0.2) is 0 Å². The van der Waals surface area contributed by atoms with E-state index in [1.54, 1.807) is 0 Å². The summed E-state index contributed by atoms with van der Waals surface area (Å²) in [6.45, 7) is 10.6. The summed E-state index contributed by atoms with van der Waals surface area (Å²) < 4.78 is 0. The van der Waals surface area contributed by atoms with E-state index in [0.29, 0.717) is 12.2 Å². The van der Waals surface area contributed by atoms with E-state index in [1.807, 2.05) is 13.8 Å². The van der Waals surface area contributed by atoms with Crippen molar-refractivity contribution in [3.63, 3.8) is 0 Å². The number of hydrogen-bond donors (Lipinski definition) is 0. The third kappa shape index (κ3) is 7.35. The molecule has 0 saturated heterocycles. The molecular weight excluding hydrogens is 184 g/mol. The Bertz CT molecular complexity index is 213. The standard InChI is InChI=1S/C14H26O/c1-6-14(15)13(5)10-9-12(4)8-7-11(2)3/h9,11,13H,6-8,10H2,1-5H3/b12-9+. The second kappa shape index (κ2) is 7.67. The summed E-state index contributed by atoms with van der Waals surface area (Å²) in [4.78, 5) is 11.4. The molecule has 0 fully saturated rings. The molecule has 0 saturated carbocycles. The Morgan fingerprint density at radius 1 is 1.27 bits per heavy atom. The van der Waals surface area contributed by atoms with Crippen LogP contribution < -0.4 is 0 Å². The van der Waals surface area contributed by atoms with Gasteiger partial charge in [0.25, 0.3) is 0 Å². The predicted molar refractivity (Wildman–Crippen MR) is 66.9 cm³/mol. The highest BCUT2D eigenvalue weighted by Crippen LogP contribution is 2.14. The Kier molecular flexibility index (Phi) is 7.37. The number of allylic oxidation sites excluding steroid dienone is 2. The second-order valence-electron chi connectivity index (χ2n) is 4.94. The van der Waals surface area contributed by atoms with Crippen molar-refractivity contribution in [2.75, 3.05) is 0 Å². The maximum absolute atomic E-state index is 11.4. The second-order valence-corrected chi connectivity index (χ2v) is 4.94.